The first kappa shape index (κ1) is 20.6. The van der Waals surface area contributed by atoms with E-state index in [1.54, 1.807) is 24.3 Å². The molecular weight excluding hydrogens is 474 g/mol. The average molecular weight is 491 g/mol. The highest BCUT2D eigenvalue weighted by atomic mass is 79.9. The van der Waals surface area contributed by atoms with E-state index in [4.69, 9.17) is 11.6 Å². The summed E-state index contributed by atoms with van der Waals surface area (Å²) in [6.07, 6.45) is 3.12. The van der Waals surface area contributed by atoms with Gasteiger partial charge < -0.3 is 5.32 Å². The van der Waals surface area contributed by atoms with Gasteiger partial charge in [-0.2, -0.15) is 4.31 Å². The van der Waals surface area contributed by atoms with Crippen LogP contribution in [-0.4, -0.2) is 42.5 Å². The maximum atomic E-state index is 12.5. The van der Waals surface area contributed by atoms with Gasteiger partial charge in [-0.3, -0.25) is 4.79 Å². The highest BCUT2D eigenvalue weighted by Crippen LogP contribution is 2.26. The van der Waals surface area contributed by atoms with Gasteiger partial charge in [0.1, 0.15) is 4.90 Å². The second-order valence-electron chi connectivity index (χ2n) is 5.90. The Labute approximate surface area is 175 Å². The number of carbonyl (C=O) groups excluding carboxylic acids is 1. The van der Waals surface area contributed by atoms with Crippen LogP contribution in [0.5, 0.6) is 0 Å². The number of pyridine rings is 1. The van der Waals surface area contributed by atoms with Crippen molar-refractivity contribution < 1.29 is 13.2 Å². The molecule has 3 rings (SSSR count). The third-order valence-corrected chi connectivity index (χ3v) is 7.60. The number of halogens is 2. The van der Waals surface area contributed by atoms with Crippen LogP contribution in [0.4, 0.5) is 5.69 Å². The second kappa shape index (κ2) is 8.91. The molecule has 1 aliphatic heterocycles. The molecule has 6 nitrogen and oxygen atoms in total. The van der Waals surface area contributed by atoms with Gasteiger partial charge in [-0.25, -0.2) is 13.4 Å². The standard InChI is InChI=1S/C17H17BrClN3O3S2/c18-12-3-5-15(14(19)9-12)21-16(23)11-26-17-6-4-13(10-20-17)27(24,25)22-7-1-2-8-22/h3-6,9-10H,1-2,7-8,11H2,(H,21,23). The van der Waals surface area contributed by atoms with Crippen molar-refractivity contribution in [2.24, 2.45) is 0 Å². The van der Waals surface area contributed by atoms with Gasteiger partial charge in [-0.1, -0.05) is 39.3 Å². The molecule has 144 valence electrons. The van der Waals surface area contributed by atoms with Gasteiger partial charge in [0.05, 0.1) is 21.5 Å². The second-order valence-corrected chi connectivity index (χ2v) is 10.2. The lowest BCUT2D eigenvalue weighted by molar-refractivity contribution is -0.113. The van der Waals surface area contributed by atoms with E-state index in [2.05, 4.69) is 26.2 Å². The molecule has 0 spiro atoms. The summed E-state index contributed by atoms with van der Waals surface area (Å²) in [4.78, 5) is 16.4. The van der Waals surface area contributed by atoms with Gasteiger partial charge in [0, 0.05) is 23.8 Å². The van der Waals surface area contributed by atoms with E-state index < -0.39 is 10.0 Å². The third kappa shape index (κ3) is 5.23. The molecule has 0 unspecified atom stereocenters. The van der Waals surface area contributed by atoms with Crippen LogP contribution in [0.15, 0.2) is 50.9 Å². The molecule has 1 aromatic carbocycles. The summed E-state index contributed by atoms with van der Waals surface area (Å²) in [7, 11) is -3.47. The quantitative estimate of drug-likeness (QED) is 0.619. The van der Waals surface area contributed by atoms with Gasteiger partial charge in [-0.15, -0.1) is 0 Å². The molecule has 0 atom stereocenters. The Kier molecular flexibility index (Phi) is 6.80. The number of nitrogens with zero attached hydrogens (tertiary/aromatic N) is 2. The van der Waals surface area contributed by atoms with E-state index in [9.17, 15) is 13.2 Å². The van der Waals surface area contributed by atoms with E-state index in [0.717, 1.165) is 17.3 Å². The van der Waals surface area contributed by atoms with Crippen LogP contribution in [-0.2, 0) is 14.8 Å². The number of thioether (sulfide) groups is 1. The van der Waals surface area contributed by atoms with E-state index >= 15 is 0 Å². The fraction of sp³-hybridized carbons (Fsp3) is 0.294. The van der Waals surface area contributed by atoms with Crippen molar-refractivity contribution in [1.82, 2.24) is 9.29 Å². The Morgan fingerprint density at radius 2 is 2.00 bits per heavy atom. The van der Waals surface area contributed by atoms with Gasteiger partial charge in [0.2, 0.25) is 15.9 Å². The SMILES string of the molecule is O=C(CSc1ccc(S(=O)(=O)N2CCCC2)cn1)Nc1ccc(Br)cc1Cl. The predicted molar refractivity (Wildman–Crippen MR) is 111 cm³/mol. The maximum Gasteiger partial charge on any atom is 0.244 e. The molecule has 1 amide bonds. The summed E-state index contributed by atoms with van der Waals surface area (Å²) in [5.74, 6) is -0.0859. The molecule has 0 aliphatic carbocycles. The zero-order valence-corrected chi connectivity index (χ0v) is 18.2. The van der Waals surface area contributed by atoms with Crippen LogP contribution in [0.3, 0.4) is 0 Å². The molecule has 1 N–H and O–H groups in total. The van der Waals surface area contributed by atoms with Crippen LogP contribution in [0.25, 0.3) is 0 Å². The van der Waals surface area contributed by atoms with Crippen LogP contribution in [0, 0.1) is 0 Å². The van der Waals surface area contributed by atoms with Gasteiger partial charge in [0.25, 0.3) is 0 Å². The van der Waals surface area contributed by atoms with Crippen molar-refractivity contribution in [3.8, 4) is 0 Å². The van der Waals surface area contributed by atoms with Crippen LogP contribution >= 0.6 is 39.3 Å². The molecule has 0 bridgehead atoms. The molecule has 2 aromatic rings. The normalized spacial score (nSPS) is 15.0. The van der Waals surface area contributed by atoms with Crippen LogP contribution in [0.1, 0.15) is 12.8 Å². The molecule has 2 heterocycles. The van der Waals surface area contributed by atoms with Crippen molar-refractivity contribution in [2.75, 3.05) is 24.2 Å². The summed E-state index contributed by atoms with van der Waals surface area (Å²) in [6, 6.07) is 8.35. The van der Waals surface area contributed by atoms with Gasteiger partial charge in [0.15, 0.2) is 0 Å². The first-order chi connectivity index (χ1) is 12.9. The highest BCUT2D eigenvalue weighted by Gasteiger charge is 2.27. The Bertz CT molecular complexity index is 933. The molecule has 1 aliphatic rings. The first-order valence-corrected chi connectivity index (χ1v) is 11.8. The summed E-state index contributed by atoms with van der Waals surface area (Å²) in [6.45, 7) is 1.11. The van der Waals surface area contributed by atoms with Crippen molar-refractivity contribution in [3.63, 3.8) is 0 Å². The number of sulfonamides is 1. The number of amides is 1. The molecule has 0 radical (unpaired) electrons. The maximum absolute atomic E-state index is 12.5. The Morgan fingerprint density at radius 3 is 2.63 bits per heavy atom. The number of hydrogen-bond acceptors (Lipinski definition) is 5. The third-order valence-electron chi connectivity index (χ3n) is 3.97. The van der Waals surface area contributed by atoms with Gasteiger partial charge >= 0.3 is 0 Å². The molecular formula is C17H17BrClN3O3S2. The fourth-order valence-corrected chi connectivity index (χ4v) is 5.43. The number of benzene rings is 1. The van der Waals surface area contributed by atoms with Crippen molar-refractivity contribution in [1.29, 1.82) is 0 Å². The van der Waals surface area contributed by atoms with Crippen molar-refractivity contribution >= 4 is 60.9 Å². The fourth-order valence-electron chi connectivity index (χ4n) is 2.60. The summed E-state index contributed by atoms with van der Waals surface area (Å²) in [5.41, 5.74) is 0.533. The molecule has 1 saturated heterocycles. The molecule has 1 aromatic heterocycles. The number of hydrogen-bond donors (Lipinski definition) is 1. The largest absolute Gasteiger partial charge is 0.324 e. The summed E-state index contributed by atoms with van der Waals surface area (Å²) in [5, 5.41) is 3.76. The van der Waals surface area contributed by atoms with Crippen molar-refractivity contribution in [2.45, 2.75) is 22.8 Å². The summed E-state index contributed by atoms with van der Waals surface area (Å²) < 4.78 is 27.2. The minimum absolute atomic E-state index is 0.137. The van der Waals surface area contributed by atoms with E-state index in [1.165, 1.54) is 28.3 Å². The number of aromatic nitrogens is 1. The first-order valence-electron chi connectivity index (χ1n) is 8.20. The zero-order valence-electron chi connectivity index (χ0n) is 14.2. The van der Waals surface area contributed by atoms with E-state index in [0.29, 0.717) is 28.8 Å². The minimum atomic E-state index is -3.47. The Morgan fingerprint density at radius 1 is 1.26 bits per heavy atom. The number of rotatable bonds is 6. The number of anilines is 1. The lowest BCUT2D eigenvalue weighted by atomic mass is 10.3. The zero-order chi connectivity index (χ0) is 19.4. The van der Waals surface area contributed by atoms with Crippen LogP contribution in [0.2, 0.25) is 5.02 Å². The average Bonchev–Trinajstić information content (AvgIpc) is 3.18. The molecule has 27 heavy (non-hydrogen) atoms. The highest BCUT2D eigenvalue weighted by molar-refractivity contribution is 9.10. The topological polar surface area (TPSA) is 79.4 Å². The molecule has 0 saturated carbocycles. The van der Waals surface area contributed by atoms with Crippen LogP contribution < -0.4 is 5.32 Å². The monoisotopic (exact) mass is 489 g/mol. The molecule has 1 fully saturated rings. The lowest BCUT2D eigenvalue weighted by Gasteiger charge is -2.15. The van der Waals surface area contributed by atoms with Crippen molar-refractivity contribution in [3.05, 3.63) is 46.0 Å². The van der Waals surface area contributed by atoms with E-state index in [-0.39, 0.29) is 16.6 Å². The number of carbonyl (C=O) groups is 1. The number of nitrogens with one attached hydrogen (secondary N) is 1. The van der Waals surface area contributed by atoms with E-state index in [1.807, 2.05) is 0 Å². The molecule has 10 heteroatoms. The lowest BCUT2D eigenvalue weighted by Crippen LogP contribution is -2.27. The smallest absolute Gasteiger partial charge is 0.244 e. The summed E-state index contributed by atoms with van der Waals surface area (Å²) >= 11 is 10.6. The Balaban J connectivity index is 1.57. The predicted octanol–water partition coefficient (Wildman–Crippen LogP) is 4.01. The van der Waals surface area contributed by atoms with Gasteiger partial charge in [-0.05, 0) is 43.2 Å². The minimum Gasteiger partial charge on any atom is -0.324 e. The Hall–Kier alpha value is -1.13.